The molecule has 0 aliphatic heterocycles. The molecule has 0 bridgehead atoms. The summed E-state index contributed by atoms with van der Waals surface area (Å²) < 4.78 is 68.5. The minimum Gasteiger partial charge on any atom is -0.462 e. The number of phosphoric acid groups is 2. The van der Waals surface area contributed by atoms with Gasteiger partial charge in [-0.25, -0.2) is 9.13 Å². The average molecular weight is 1450 g/mol. The Kier molecular flexibility index (Phi) is 70.4. The quantitative estimate of drug-likeness (QED) is 0.0169. The maximum Gasteiger partial charge on any atom is 0.472 e. The molecule has 0 aromatic rings. The maximum atomic E-state index is 13.1. The molecule has 0 aromatic heterocycles. The summed E-state index contributed by atoms with van der Waals surface area (Å²) in [7, 11) is -9.96. The summed E-state index contributed by atoms with van der Waals surface area (Å²) in [6, 6.07) is 0. The summed E-state index contributed by atoms with van der Waals surface area (Å²) in [4.78, 5) is 72.9. The Morgan fingerprint density at radius 3 is 0.820 bits per heavy atom. The summed E-state index contributed by atoms with van der Waals surface area (Å²) in [5.41, 5.74) is 0. The lowest BCUT2D eigenvalue weighted by Gasteiger charge is -2.21. The van der Waals surface area contributed by atoms with Crippen molar-refractivity contribution >= 4 is 39.5 Å². The maximum absolute atomic E-state index is 13.1. The number of aliphatic hydroxyl groups excluding tert-OH is 1. The van der Waals surface area contributed by atoms with Crippen molar-refractivity contribution in [2.24, 2.45) is 0 Å². The minimum atomic E-state index is -4.98. The van der Waals surface area contributed by atoms with E-state index in [-0.39, 0.29) is 25.7 Å². The van der Waals surface area contributed by atoms with Crippen LogP contribution in [0.15, 0.2) is 97.2 Å². The third-order valence-corrected chi connectivity index (χ3v) is 18.5. The molecule has 0 heterocycles. The van der Waals surface area contributed by atoms with Crippen LogP contribution in [-0.4, -0.2) is 96.7 Å². The van der Waals surface area contributed by atoms with Crippen molar-refractivity contribution in [3.8, 4) is 0 Å². The molecule has 0 radical (unpaired) electrons. The average Bonchev–Trinajstić information content (AvgIpc) is 0.935. The fraction of sp³-hybridized carbons (Fsp3) is 0.753. The third kappa shape index (κ3) is 72.3. The molecule has 0 saturated heterocycles. The standard InChI is InChI=1S/C81H142O17P2/c1-5-9-13-17-21-25-29-33-35-36-37-38-40-44-46-50-54-58-62-66-79(84)92-72-77(98-81(86)68-64-60-56-52-48-42-32-28-24-20-16-12-8-4)74-96-100(89,90)94-70-75(82)69-93-99(87,88)95-73-76(97-80(85)67-63-59-55-51-47-41-31-27-23-19-15-11-7-3)71-91-78(83)65-61-57-53-49-45-43-39-34-30-26-22-18-14-10-6-2/h9-10,13-14,21-22,25-26,33-35,37-39,45,49,75-77,82H,5-8,11-12,15-20,23-24,27-32,36,40-44,46-48,50-74H2,1-4H3,(H,87,88)(H,89,90)/b13-9-,14-10-,25-21-,26-22-,35-33-,38-37-,39-34-,49-45-. The predicted octanol–water partition coefficient (Wildman–Crippen LogP) is 22.8. The van der Waals surface area contributed by atoms with E-state index >= 15 is 0 Å². The molecular formula is C81H142O17P2. The molecule has 0 amide bonds. The zero-order valence-electron chi connectivity index (χ0n) is 63.1. The highest BCUT2D eigenvalue weighted by atomic mass is 31.2. The highest BCUT2D eigenvalue weighted by Crippen LogP contribution is 2.45. The van der Waals surface area contributed by atoms with Gasteiger partial charge in [0.15, 0.2) is 12.2 Å². The van der Waals surface area contributed by atoms with Crippen molar-refractivity contribution in [3.05, 3.63) is 97.2 Å². The van der Waals surface area contributed by atoms with Crippen LogP contribution in [0.1, 0.15) is 336 Å². The molecule has 19 heteroatoms. The molecule has 0 aliphatic rings. The highest BCUT2D eigenvalue weighted by molar-refractivity contribution is 7.47. The molecule has 0 aliphatic carbocycles. The molecule has 0 fully saturated rings. The molecule has 5 unspecified atom stereocenters. The first-order chi connectivity index (χ1) is 48.7. The smallest absolute Gasteiger partial charge is 0.462 e. The number of allylic oxidation sites excluding steroid dienone is 16. The van der Waals surface area contributed by atoms with Crippen LogP contribution < -0.4 is 0 Å². The number of hydrogen-bond donors (Lipinski definition) is 3. The molecule has 0 saturated carbocycles. The second-order valence-corrected chi connectivity index (χ2v) is 29.2. The number of ether oxygens (including phenoxy) is 4. The van der Waals surface area contributed by atoms with Gasteiger partial charge in [0.2, 0.25) is 0 Å². The van der Waals surface area contributed by atoms with Gasteiger partial charge in [-0.3, -0.25) is 37.3 Å². The van der Waals surface area contributed by atoms with Crippen LogP contribution in [0, 0.1) is 0 Å². The molecule has 0 rings (SSSR count). The summed E-state index contributed by atoms with van der Waals surface area (Å²) in [6.45, 7) is 4.63. The van der Waals surface area contributed by atoms with E-state index in [0.717, 1.165) is 154 Å². The first-order valence-corrected chi connectivity index (χ1v) is 42.5. The molecule has 0 aromatic carbocycles. The predicted molar refractivity (Wildman–Crippen MR) is 409 cm³/mol. The zero-order chi connectivity index (χ0) is 73.2. The first kappa shape index (κ1) is 96.0. The van der Waals surface area contributed by atoms with Crippen molar-refractivity contribution in [2.75, 3.05) is 39.6 Å². The molecule has 100 heavy (non-hydrogen) atoms. The third-order valence-electron chi connectivity index (χ3n) is 16.6. The van der Waals surface area contributed by atoms with E-state index in [1.165, 1.54) is 103 Å². The van der Waals surface area contributed by atoms with E-state index in [4.69, 9.17) is 37.0 Å². The van der Waals surface area contributed by atoms with E-state index in [0.29, 0.717) is 25.7 Å². The Hall–Kier alpha value is -4.02. The lowest BCUT2D eigenvalue weighted by molar-refractivity contribution is -0.161. The Morgan fingerprint density at radius 2 is 0.520 bits per heavy atom. The summed E-state index contributed by atoms with van der Waals surface area (Å²) in [5.74, 6) is -2.21. The van der Waals surface area contributed by atoms with Gasteiger partial charge in [-0.2, -0.15) is 0 Å². The van der Waals surface area contributed by atoms with Crippen LogP contribution in [0.2, 0.25) is 0 Å². The van der Waals surface area contributed by atoms with Crippen LogP contribution in [0.5, 0.6) is 0 Å². The normalized spacial score (nSPS) is 14.4. The van der Waals surface area contributed by atoms with Gasteiger partial charge in [0.05, 0.1) is 26.4 Å². The molecule has 17 nitrogen and oxygen atoms in total. The number of carbonyl (C=O) groups is 4. The fourth-order valence-corrected chi connectivity index (χ4v) is 12.2. The van der Waals surface area contributed by atoms with Gasteiger partial charge in [-0.1, -0.05) is 305 Å². The van der Waals surface area contributed by atoms with Gasteiger partial charge in [0.25, 0.3) is 0 Å². The van der Waals surface area contributed by atoms with Crippen LogP contribution in [0.25, 0.3) is 0 Å². The SMILES string of the molecule is CC/C=C\C/C=C\C/C=C\C/C=C\CCCCCCCCC(=O)OCC(COP(=O)(O)OCC(O)COP(=O)(O)OCC(COC(=O)CCCC/C=C\C/C=C\C/C=C\C/C=C\CC)OC(=O)CCCCCCCCCCCCCCC)OC(=O)CCCCCCCCCCCCCCC. The largest absolute Gasteiger partial charge is 0.472 e. The summed E-state index contributed by atoms with van der Waals surface area (Å²) in [6.07, 6.45) is 76.8. The number of unbranched alkanes of at least 4 members (excludes halogenated alkanes) is 32. The molecular weight excluding hydrogens is 1310 g/mol. The zero-order valence-corrected chi connectivity index (χ0v) is 64.9. The Bertz CT molecular complexity index is 2270. The van der Waals surface area contributed by atoms with Gasteiger partial charge in [-0.05, 0) is 103 Å². The number of esters is 4. The first-order valence-electron chi connectivity index (χ1n) is 39.5. The van der Waals surface area contributed by atoms with Crippen LogP contribution in [-0.2, 0) is 65.4 Å². The van der Waals surface area contributed by atoms with Gasteiger partial charge in [-0.15, -0.1) is 0 Å². The van der Waals surface area contributed by atoms with Gasteiger partial charge < -0.3 is 33.8 Å². The van der Waals surface area contributed by atoms with Crippen molar-refractivity contribution < 1.29 is 80.2 Å². The second-order valence-electron chi connectivity index (χ2n) is 26.3. The number of carbonyl (C=O) groups excluding carboxylic acids is 4. The Balaban J connectivity index is 5.35. The van der Waals surface area contributed by atoms with E-state index < -0.39 is 97.5 Å². The number of aliphatic hydroxyl groups is 1. The molecule has 578 valence electrons. The van der Waals surface area contributed by atoms with E-state index in [2.05, 4.69) is 125 Å². The Labute approximate surface area is 607 Å². The second kappa shape index (κ2) is 73.3. The topological polar surface area (TPSA) is 237 Å². The monoisotopic (exact) mass is 1450 g/mol. The fourth-order valence-electron chi connectivity index (χ4n) is 10.6. The summed E-state index contributed by atoms with van der Waals surface area (Å²) >= 11 is 0. The van der Waals surface area contributed by atoms with Crippen LogP contribution in [0.4, 0.5) is 0 Å². The molecule has 0 spiro atoms. The number of phosphoric ester groups is 2. The summed E-state index contributed by atoms with van der Waals surface area (Å²) in [5, 5.41) is 10.6. The van der Waals surface area contributed by atoms with E-state index in [9.17, 15) is 43.2 Å². The Morgan fingerprint density at radius 1 is 0.290 bits per heavy atom. The van der Waals surface area contributed by atoms with Crippen LogP contribution >= 0.6 is 15.6 Å². The van der Waals surface area contributed by atoms with Crippen molar-refractivity contribution in [2.45, 2.75) is 354 Å². The van der Waals surface area contributed by atoms with Gasteiger partial charge >= 0.3 is 39.5 Å². The number of rotatable bonds is 74. The van der Waals surface area contributed by atoms with Crippen molar-refractivity contribution in [1.82, 2.24) is 0 Å². The number of hydrogen-bond acceptors (Lipinski definition) is 15. The van der Waals surface area contributed by atoms with E-state index in [1.807, 2.05) is 0 Å². The van der Waals surface area contributed by atoms with Gasteiger partial charge in [0, 0.05) is 25.7 Å². The molecule has 3 N–H and O–H groups in total. The molecule has 5 atom stereocenters. The minimum absolute atomic E-state index is 0.0894. The van der Waals surface area contributed by atoms with E-state index in [1.54, 1.807) is 0 Å². The highest BCUT2D eigenvalue weighted by Gasteiger charge is 2.30. The van der Waals surface area contributed by atoms with Crippen molar-refractivity contribution in [3.63, 3.8) is 0 Å². The lowest BCUT2D eigenvalue weighted by Crippen LogP contribution is -2.30. The van der Waals surface area contributed by atoms with Crippen LogP contribution in [0.3, 0.4) is 0 Å². The van der Waals surface area contributed by atoms with Gasteiger partial charge in [0.1, 0.15) is 19.3 Å². The van der Waals surface area contributed by atoms with Crippen molar-refractivity contribution in [1.29, 1.82) is 0 Å². The lowest BCUT2D eigenvalue weighted by atomic mass is 10.0.